The number of carbonyl (C=O) groups is 1. The van der Waals surface area contributed by atoms with Crippen LogP contribution < -0.4 is 67.1 Å². The van der Waals surface area contributed by atoms with E-state index in [0.717, 1.165) is 15.5 Å². The Morgan fingerprint density at radius 3 is 2.86 bits per heavy atom. The van der Waals surface area contributed by atoms with Crippen LogP contribution in [0.3, 0.4) is 0 Å². The summed E-state index contributed by atoms with van der Waals surface area (Å²) in [5, 5.41) is 12.1. The van der Waals surface area contributed by atoms with Crippen LogP contribution in [-0.4, -0.2) is 17.7 Å². The van der Waals surface area contributed by atoms with Gasteiger partial charge in [0.25, 0.3) is 0 Å². The van der Waals surface area contributed by atoms with Crippen molar-refractivity contribution in [2.24, 2.45) is 4.99 Å². The number of benzene rings is 1. The SMILES string of the molecule is O=C([O-])N1C=c2ccccc2=NC1.[K+]. The molecular weight excluding hydrogens is 207 g/mol. The Hall–Kier alpha value is -0.204. The van der Waals surface area contributed by atoms with Gasteiger partial charge in [0, 0.05) is 11.4 Å². The third kappa shape index (κ3) is 2.43. The first-order chi connectivity index (χ1) is 6.27. The van der Waals surface area contributed by atoms with Gasteiger partial charge in [-0.3, -0.25) is 4.99 Å². The van der Waals surface area contributed by atoms with Crippen molar-refractivity contribution in [2.75, 3.05) is 6.67 Å². The summed E-state index contributed by atoms with van der Waals surface area (Å²) in [6.07, 6.45) is 0.302. The molecule has 1 aliphatic rings. The second-order valence-corrected chi connectivity index (χ2v) is 2.72. The second-order valence-electron chi connectivity index (χ2n) is 2.72. The first-order valence-electron chi connectivity index (χ1n) is 3.86. The Labute approximate surface area is 123 Å². The first kappa shape index (κ1) is 11.9. The van der Waals surface area contributed by atoms with Crippen LogP contribution >= 0.6 is 0 Å². The Bertz CT molecular complexity index is 458. The number of carbonyl (C=O) groups excluding carboxylic acids is 1. The summed E-state index contributed by atoms with van der Waals surface area (Å²) < 4.78 is 0. The van der Waals surface area contributed by atoms with E-state index in [1.165, 1.54) is 6.20 Å². The minimum Gasteiger partial charge on any atom is -0.530 e. The van der Waals surface area contributed by atoms with Crippen LogP contribution in [-0.2, 0) is 0 Å². The minimum absolute atomic E-state index is 0. The maximum atomic E-state index is 10.5. The van der Waals surface area contributed by atoms with Crippen molar-refractivity contribution < 1.29 is 61.3 Å². The Balaban J connectivity index is 0.000000980. The summed E-state index contributed by atoms with van der Waals surface area (Å²) in [6, 6.07) is 7.36. The number of rotatable bonds is 0. The van der Waals surface area contributed by atoms with E-state index in [2.05, 4.69) is 4.99 Å². The third-order valence-corrected chi connectivity index (χ3v) is 1.86. The summed E-state index contributed by atoms with van der Waals surface area (Å²) in [5.41, 5.74) is 0. The number of hydrogen-bond donors (Lipinski definition) is 0. The number of hydrogen-bond acceptors (Lipinski definition) is 3. The summed E-state index contributed by atoms with van der Waals surface area (Å²) in [7, 11) is 0. The molecule has 4 nitrogen and oxygen atoms in total. The molecule has 0 fully saturated rings. The molecule has 1 amide bonds. The molecule has 14 heavy (non-hydrogen) atoms. The largest absolute Gasteiger partial charge is 1.00 e. The van der Waals surface area contributed by atoms with Gasteiger partial charge in [0.15, 0.2) is 0 Å². The van der Waals surface area contributed by atoms with Crippen LogP contribution in [0.15, 0.2) is 29.3 Å². The molecule has 0 spiro atoms. The molecule has 1 aromatic carbocycles. The van der Waals surface area contributed by atoms with Gasteiger partial charge >= 0.3 is 51.4 Å². The van der Waals surface area contributed by atoms with E-state index < -0.39 is 6.09 Å². The molecule has 0 saturated carbocycles. The fourth-order valence-electron chi connectivity index (χ4n) is 1.21. The zero-order valence-electron chi connectivity index (χ0n) is 7.80. The molecule has 2 rings (SSSR count). The monoisotopic (exact) mass is 214 g/mol. The molecule has 0 bridgehead atoms. The first-order valence-corrected chi connectivity index (χ1v) is 3.86. The van der Waals surface area contributed by atoms with E-state index in [0.29, 0.717) is 0 Å². The van der Waals surface area contributed by atoms with Crippen molar-refractivity contribution >= 4 is 12.3 Å². The molecule has 0 saturated heterocycles. The van der Waals surface area contributed by atoms with Gasteiger partial charge < -0.3 is 14.8 Å². The van der Waals surface area contributed by atoms with E-state index >= 15 is 0 Å². The zero-order valence-corrected chi connectivity index (χ0v) is 10.9. The molecular formula is C9H7KN2O2. The normalized spacial score (nSPS) is 13.0. The van der Waals surface area contributed by atoms with Crippen LogP contribution in [0.4, 0.5) is 4.79 Å². The van der Waals surface area contributed by atoms with Gasteiger partial charge in [-0.25, -0.2) is 0 Å². The summed E-state index contributed by atoms with van der Waals surface area (Å²) in [4.78, 5) is 15.6. The molecule has 0 N–H and O–H groups in total. The topological polar surface area (TPSA) is 55.7 Å². The van der Waals surface area contributed by atoms with E-state index in [1.54, 1.807) is 0 Å². The fourth-order valence-corrected chi connectivity index (χ4v) is 1.21. The van der Waals surface area contributed by atoms with Crippen molar-refractivity contribution in [3.05, 3.63) is 34.8 Å². The number of amides is 1. The average molecular weight is 214 g/mol. The van der Waals surface area contributed by atoms with Crippen LogP contribution in [0.25, 0.3) is 6.20 Å². The molecule has 0 aliphatic carbocycles. The number of para-hydroxylation sites is 1. The zero-order chi connectivity index (χ0) is 9.26. The van der Waals surface area contributed by atoms with E-state index in [1.807, 2.05) is 24.3 Å². The molecule has 0 radical (unpaired) electrons. The maximum absolute atomic E-state index is 10.5. The van der Waals surface area contributed by atoms with Gasteiger partial charge in [0.1, 0.15) is 12.8 Å². The van der Waals surface area contributed by atoms with Crippen molar-refractivity contribution in [1.29, 1.82) is 0 Å². The fraction of sp³-hybridized carbons (Fsp3) is 0.111. The third-order valence-electron chi connectivity index (χ3n) is 1.86. The molecule has 0 atom stereocenters. The van der Waals surface area contributed by atoms with E-state index in [-0.39, 0.29) is 58.1 Å². The van der Waals surface area contributed by atoms with Gasteiger partial charge in [-0.2, -0.15) is 0 Å². The Kier molecular flexibility index (Phi) is 4.27. The maximum Gasteiger partial charge on any atom is 1.00 e. The number of nitrogens with zero attached hydrogens (tertiary/aromatic N) is 2. The molecule has 1 heterocycles. The molecule has 66 valence electrons. The van der Waals surface area contributed by atoms with Gasteiger partial charge in [-0.1, -0.05) is 18.2 Å². The van der Waals surface area contributed by atoms with Crippen molar-refractivity contribution in [2.45, 2.75) is 0 Å². The van der Waals surface area contributed by atoms with E-state index in [9.17, 15) is 9.90 Å². The van der Waals surface area contributed by atoms with Crippen molar-refractivity contribution in [3.8, 4) is 0 Å². The quantitative estimate of drug-likeness (QED) is 0.410. The minimum atomic E-state index is -1.22. The predicted octanol–water partition coefficient (Wildman–Crippen LogP) is -4.34. The van der Waals surface area contributed by atoms with Gasteiger partial charge in [-0.15, -0.1) is 0 Å². The molecule has 1 aromatic rings. The number of fused-ring (bicyclic) bond motifs is 1. The summed E-state index contributed by atoms with van der Waals surface area (Å²) >= 11 is 0. The van der Waals surface area contributed by atoms with Crippen molar-refractivity contribution in [3.63, 3.8) is 0 Å². The van der Waals surface area contributed by atoms with Gasteiger partial charge in [0.05, 0.1) is 5.36 Å². The average Bonchev–Trinajstić information content (AvgIpc) is 2.17. The van der Waals surface area contributed by atoms with E-state index in [4.69, 9.17) is 0 Å². The van der Waals surface area contributed by atoms with Crippen LogP contribution in [0.2, 0.25) is 0 Å². The molecule has 5 heteroatoms. The van der Waals surface area contributed by atoms with Crippen LogP contribution in [0, 0.1) is 0 Å². The molecule has 0 unspecified atom stereocenters. The van der Waals surface area contributed by atoms with Gasteiger partial charge in [-0.05, 0) is 6.07 Å². The van der Waals surface area contributed by atoms with Crippen LogP contribution in [0.5, 0.6) is 0 Å². The predicted molar refractivity (Wildman–Crippen MR) is 43.8 cm³/mol. The smallest absolute Gasteiger partial charge is 0.530 e. The Morgan fingerprint density at radius 1 is 1.43 bits per heavy atom. The molecule has 1 aliphatic heterocycles. The summed E-state index contributed by atoms with van der Waals surface area (Å²) in [5.74, 6) is 0. The standard InChI is InChI=1S/C9H8N2O2.K/c12-9(13)11-5-7-3-1-2-4-8(7)10-6-11;/h1-5H,6H2,(H,12,13);/q;+1/p-1. The van der Waals surface area contributed by atoms with Crippen LogP contribution in [0.1, 0.15) is 0 Å². The summed E-state index contributed by atoms with van der Waals surface area (Å²) in [6.45, 7) is 0.124. The molecule has 0 aromatic heterocycles. The van der Waals surface area contributed by atoms with Crippen molar-refractivity contribution in [1.82, 2.24) is 4.90 Å². The van der Waals surface area contributed by atoms with Gasteiger partial charge in [0.2, 0.25) is 0 Å². The number of carboxylic acid groups (broad SMARTS) is 1. The Morgan fingerprint density at radius 2 is 2.14 bits per heavy atom. The second kappa shape index (κ2) is 5.04.